The topological polar surface area (TPSA) is 55.3 Å². The zero-order valence-electron chi connectivity index (χ0n) is 13.8. The van der Waals surface area contributed by atoms with Crippen LogP contribution in [0.15, 0.2) is 18.5 Å². The molecule has 1 aliphatic carbocycles. The van der Waals surface area contributed by atoms with Gasteiger partial charge in [0.15, 0.2) is 5.82 Å². The minimum Gasteiger partial charge on any atom is -0.444 e. The maximum Gasteiger partial charge on any atom is 0.410 e. The zero-order valence-corrected chi connectivity index (χ0v) is 14.6. The smallest absolute Gasteiger partial charge is 0.410 e. The number of halogens is 1. The fourth-order valence-electron chi connectivity index (χ4n) is 3.13. The number of hydrogen-bond acceptors (Lipinski definition) is 4. The summed E-state index contributed by atoms with van der Waals surface area (Å²) in [6.45, 7) is 7.22. The summed E-state index contributed by atoms with van der Waals surface area (Å²) in [5.74, 6) is 0.757. The number of rotatable bonds is 1. The molecule has 2 aliphatic rings. The molecule has 1 aliphatic heterocycles. The summed E-state index contributed by atoms with van der Waals surface area (Å²) < 4.78 is 5.42. The highest BCUT2D eigenvalue weighted by Crippen LogP contribution is 2.45. The summed E-state index contributed by atoms with van der Waals surface area (Å²) in [5.41, 5.74) is 0.932. The van der Waals surface area contributed by atoms with Crippen LogP contribution in [0, 0.1) is 5.41 Å². The molecule has 0 atom stereocenters. The van der Waals surface area contributed by atoms with Crippen molar-refractivity contribution in [1.29, 1.82) is 0 Å². The fourth-order valence-corrected chi connectivity index (χ4v) is 3.23. The molecule has 1 aromatic heterocycles. The average molecular weight is 336 g/mol. The predicted molar refractivity (Wildman–Crippen MR) is 89.1 cm³/mol. The number of ether oxygens (including phenoxy) is 1. The summed E-state index contributed by atoms with van der Waals surface area (Å²) >= 11 is 5.83. The van der Waals surface area contributed by atoms with E-state index in [1.807, 2.05) is 20.8 Å². The maximum absolute atomic E-state index is 12.0. The van der Waals surface area contributed by atoms with Gasteiger partial charge >= 0.3 is 6.09 Å². The minimum absolute atomic E-state index is 0.201. The fraction of sp³-hybridized carbons (Fsp3) is 0.588. The van der Waals surface area contributed by atoms with Gasteiger partial charge in [0, 0.05) is 30.9 Å². The van der Waals surface area contributed by atoms with Gasteiger partial charge in [-0.05, 0) is 45.6 Å². The number of hydrogen-bond donors (Lipinski definition) is 0. The lowest BCUT2D eigenvalue weighted by Crippen LogP contribution is -2.59. The van der Waals surface area contributed by atoms with Gasteiger partial charge in [0.05, 0.1) is 5.02 Å². The molecule has 0 saturated carbocycles. The van der Waals surface area contributed by atoms with Crippen molar-refractivity contribution in [3.8, 4) is 0 Å². The largest absolute Gasteiger partial charge is 0.444 e. The van der Waals surface area contributed by atoms with Gasteiger partial charge in [-0.1, -0.05) is 17.7 Å². The Kier molecular flexibility index (Phi) is 4.08. The third-order valence-corrected chi connectivity index (χ3v) is 4.51. The minimum atomic E-state index is -0.439. The number of carbonyl (C=O) groups is 1. The first-order valence-corrected chi connectivity index (χ1v) is 8.29. The Balaban J connectivity index is 1.58. The Morgan fingerprint density at radius 1 is 1.30 bits per heavy atom. The first-order chi connectivity index (χ1) is 10.8. The van der Waals surface area contributed by atoms with Crippen molar-refractivity contribution >= 4 is 23.3 Å². The monoisotopic (exact) mass is 335 g/mol. The molecule has 0 aromatic carbocycles. The van der Waals surface area contributed by atoms with E-state index in [9.17, 15) is 4.79 Å². The van der Waals surface area contributed by atoms with Crippen molar-refractivity contribution in [3.05, 3.63) is 29.3 Å². The number of aromatic nitrogens is 2. The molecule has 5 nitrogen and oxygen atoms in total. The lowest BCUT2D eigenvalue weighted by atomic mass is 9.69. The molecule has 0 N–H and O–H groups in total. The Bertz CT molecular complexity index is 628. The molecule has 1 amide bonds. The standard InChI is InChI=1S/C17H22ClN3O2/c1-16(2,3)23-15(22)21-10-17(11-21)6-4-12(5-7-17)14-19-8-13(18)9-20-14/h4,8-9H,5-7,10-11H2,1-3H3. The Hall–Kier alpha value is -1.62. The zero-order chi connectivity index (χ0) is 16.7. The number of allylic oxidation sites excluding steroid dienone is 2. The molecule has 2 heterocycles. The lowest BCUT2D eigenvalue weighted by molar-refractivity contribution is -0.0372. The molecule has 23 heavy (non-hydrogen) atoms. The van der Waals surface area contributed by atoms with Crippen LogP contribution >= 0.6 is 11.6 Å². The molecule has 0 bridgehead atoms. The van der Waals surface area contributed by atoms with E-state index in [0.29, 0.717) is 5.02 Å². The molecule has 0 unspecified atom stereocenters. The molecule has 3 rings (SSSR count). The van der Waals surface area contributed by atoms with E-state index in [1.54, 1.807) is 17.3 Å². The average Bonchev–Trinajstić information content (AvgIpc) is 2.44. The van der Waals surface area contributed by atoms with Crippen molar-refractivity contribution in [2.24, 2.45) is 5.41 Å². The van der Waals surface area contributed by atoms with Gasteiger partial charge in [-0.2, -0.15) is 0 Å². The van der Waals surface area contributed by atoms with E-state index >= 15 is 0 Å². The summed E-state index contributed by atoms with van der Waals surface area (Å²) in [7, 11) is 0. The highest BCUT2D eigenvalue weighted by molar-refractivity contribution is 6.30. The van der Waals surface area contributed by atoms with E-state index in [2.05, 4.69) is 16.0 Å². The van der Waals surface area contributed by atoms with Crippen molar-refractivity contribution in [1.82, 2.24) is 14.9 Å². The van der Waals surface area contributed by atoms with Crippen LogP contribution in [0.2, 0.25) is 5.02 Å². The number of amides is 1. The molecule has 1 aromatic rings. The van der Waals surface area contributed by atoms with E-state index in [4.69, 9.17) is 16.3 Å². The van der Waals surface area contributed by atoms with Crippen molar-refractivity contribution in [3.63, 3.8) is 0 Å². The Morgan fingerprint density at radius 2 is 1.96 bits per heavy atom. The van der Waals surface area contributed by atoms with Crippen molar-refractivity contribution < 1.29 is 9.53 Å². The maximum atomic E-state index is 12.0. The molecule has 1 fully saturated rings. The molecule has 1 spiro atoms. The SMILES string of the molecule is CC(C)(C)OC(=O)N1CC2(CC=C(c3ncc(Cl)cn3)CC2)C1. The number of likely N-dealkylation sites (tertiary alicyclic amines) is 1. The van der Waals surface area contributed by atoms with Gasteiger partial charge in [0.2, 0.25) is 0 Å². The second-order valence-corrected chi connectivity index (χ2v) is 7.93. The van der Waals surface area contributed by atoms with Gasteiger partial charge < -0.3 is 9.64 Å². The predicted octanol–water partition coefficient (Wildman–Crippen LogP) is 3.93. The van der Waals surface area contributed by atoms with Gasteiger partial charge in [-0.25, -0.2) is 14.8 Å². The van der Waals surface area contributed by atoms with Crippen LogP contribution < -0.4 is 0 Å². The van der Waals surface area contributed by atoms with Gasteiger partial charge in [0.1, 0.15) is 5.60 Å². The van der Waals surface area contributed by atoms with Crippen molar-refractivity contribution in [2.45, 2.75) is 45.6 Å². The Morgan fingerprint density at radius 3 is 2.48 bits per heavy atom. The Labute approximate surface area is 141 Å². The van der Waals surface area contributed by atoms with Gasteiger partial charge in [-0.3, -0.25) is 0 Å². The third-order valence-electron chi connectivity index (χ3n) is 4.32. The first kappa shape index (κ1) is 16.2. The summed E-state index contributed by atoms with van der Waals surface area (Å²) in [6.07, 6.45) is 8.19. The second kappa shape index (κ2) is 5.78. The van der Waals surface area contributed by atoms with E-state index < -0.39 is 5.60 Å². The summed E-state index contributed by atoms with van der Waals surface area (Å²) in [5, 5.41) is 0.550. The normalized spacial score (nSPS) is 20.0. The first-order valence-electron chi connectivity index (χ1n) is 7.91. The highest BCUT2D eigenvalue weighted by Gasteiger charge is 2.46. The molecular weight excluding hydrogens is 314 g/mol. The van der Waals surface area contributed by atoms with Gasteiger partial charge in [0.25, 0.3) is 0 Å². The summed E-state index contributed by atoms with van der Waals surface area (Å²) in [6, 6.07) is 0. The van der Waals surface area contributed by atoms with Crippen LogP contribution in [0.25, 0.3) is 5.57 Å². The van der Waals surface area contributed by atoms with E-state index in [-0.39, 0.29) is 11.5 Å². The van der Waals surface area contributed by atoms with Crippen LogP contribution in [0.3, 0.4) is 0 Å². The van der Waals surface area contributed by atoms with Crippen LogP contribution in [0.1, 0.15) is 45.9 Å². The van der Waals surface area contributed by atoms with Gasteiger partial charge in [-0.15, -0.1) is 0 Å². The molecule has 0 radical (unpaired) electrons. The quantitative estimate of drug-likeness (QED) is 0.780. The number of carbonyl (C=O) groups excluding carboxylic acids is 1. The molecule has 6 heteroatoms. The van der Waals surface area contributed by atoms with E-state index in [1.165, 1.54) is 5.57 Å². The van der Waals surface area contributed by atoms with Crippen LogP contribution in [-0.4, -0.2) is 39.7 Å². The molecule has 124 valence electrons. The second-order valence-electron chi connectivity index (χ2n) is 7.49. The van der Waals surface area contributed by atoms with Crippen molar-refractivity contribution in [2.75, 3.05) is 13.1 Å². The third kappa shape index (κ3) is 3.66. The van der Waals surface area contributed by atoms with Crippen LogP contribution in [0.4, 0.5) is 4.79 Å². The molecular formula is C17H22ClN3O2. The number of nitrogens with zero attached hydrogens (tertiary/aromatic N) is 3. The van der Waals surface area contributed by atoms with E-state index in [0.717, 1.165) is 38.2 Å². The summed E-state index contributed by atoms with van der Waals surface area (Å²) in [4.78, 5) is 22.4. The lowest BCUT2D eigenvalue weighted by Gasteiger charge is -2.51. The van der Waals surface area contributed by atoms with Crippen LogP contribution in [-0.2, 0) is 4.74 Å². The van der Waals surface area contributed by atoms with Crippen LogP contribution in [0.5, 0.6) is 0 Å². The molecule has 1 saturated heterocycles. The highest BCUT2D eigenvalue weighted by atomic mass is 35.5.